The van der Waals surface area contributed by atoms with Gasteiger partial charge in [-0.05, 0) is 109 Å². The van der Waals surface area contributed by atoms with Crippen LogP contribution in [0.25, 0.3) is 94.5 Å². The van der Waals surface area contributed by atoms with Crippen LogP contribution in [0, 0.1) is 20.8 Å². The molecule has 9 heterocycles. The molecule has 0 saturated carbocycles. The standard InChI is InChI=1S/C25H27N3O.C23H15N3O.C22H21N3O.C2H6/c1-7-17-12-15(2)23(16(3)13-17)20-14-22(29)27-24-18-8-9-21(25(4,5)6)26-19(18)10-11-28(20)24;27-21-14-20(17-10-5-2-6-11-17)26-15-19(16-8-3-1-4-9-16)22-18(23(26)25-21)12-7-13-24-22;1-14-7-5-6-8-15(14)18-13-20(26)24-21-16-9-10-19(22(2,3)4)23-17(16)11-12-25(18)21;1-2/h8-14H,7H2,1-6H3;1-15H;5-13H,1-4H3;1-2H3. The van der Waals surface area contributed by atoms with Crippen LogP contribution in [-0.2, 0) is 17.3 Å². The second-order valence-corrected chi connectivity index (χ2v) is 22.9. The number of aromatic nitrogens is 9. The molecule has 0 bridgehead atoms. The zero-order chi connectivity index (χ0) is 59.6. The van der Waals surface area contributed by atoms with Crippen LogP contribution in [0.3, 0.4) is 0 Å². The Morgan fingerprint density at radius 2 is 0.905 bits per heavy atom. The first-order chi connectivity index (χ1) is 40.3. The van der Waals surface area contributed by atoms with Gasteiger partial charge in [0.2, 0.25) is 0 Å². The zero-order valence-corrected chi connectivity index (χ0v) is 49.9. The summed E-state index contributed by atoms with van der Waals surface area (Å²) in [5.41, 5.74) is 18.2. The first kappa shape index (κ1) is 57.4. The van der Waals surface area contributed by atoms with Crippen LogP contribution < -0.4 is 16.7 Å². The lowest BCUT2D eigenvalue weighted by atomic mass is 9.91. The Labute approximate surface area is 488 Å². The van der Waals surface area contributed by atoms with E-state index < -0.39 is 0 Å². The topological polar surface area (TPSA) is 142 Å². The Balaban J connectivity index is 0.000000138. The van der Waals surface area contributed by atoms with Crippen LogP contribution in [0.4, 0.5) is 0 Å². The molecule has 13 rings (SSSR count). The van der Waals surface area contributed by atoms with Crippen molar-refractivity contribution in [3.63, 3.8) is 0 Å². The summed E-state index contributed by atoms with van der Waals surface area (Å²) in [5, 5.41) is 2.63. The molecule has 0 unspecified atom stereocenters. The summed E-state index contributed by atoms with van der Waals surface area (Å²) >= 11 is 0. The summed E-state index contributed by atoms with van der Waals surface area (Å²) in [6.45, 7) is 25.3. The maximum atomic E-state index is 12.5. The van der Waals surface area contributed by atoms with E-state index in [2.05, 4.69) is 107 Å². The number of benzene rings is 4. The quantitative estimate of drug-likeness (QED) is 0.154. The largest absolute Gasteiger partial charge is 0.300 e. The van der Waals surface area contributed by atoms with E-state index in [0.29, 0.717) is 16.9 Å². The number of rotatable bonds is 5. The smallest absolute Gasteiger partial charge is 0.273 e. The molecule has 4 aromatic carbocycles. The second-order valence-electron chi connectivity index (χ2n) is 22.9. The van der Waals surface area contributed by atoms with Gasteiger partial charge in [0.15, 0.2) is 16.9 Å². The lowest BCUT2D eigenvalue weighted by Gasteiger charge is -2.19. The molecule has 0 atom stereocenters. The lowest BCUT2D eigenvalue weighted by Crippen LogP contribution is -2.14. The highest BCUT2D eigenvalue weighted by atomic mass is 16.1. The Hall–Kier alpha value is -9.81. The highest BCUT2D eigenvalue weighted by Gasteiger charge is 2.21. The van der Waals surface area contributed by atoms with Gasteiger partial charge in [0.05, 0.1) is 33.6 Å². The Bertz CT molecular complexity index is 4780. The van der Waals surface area contributed by atoms with Gasteiger partial charge < -0.3 is 8.80 Å². The Morgan fingerprint density at radius 3 is 1.43 bits per heavy atom. The Kier molecular flexibility index (Phi) is 16.1. The summed E-state index contributed by atoms with van der Waals surface area (Å²) in [5.74, 6) is 0. The fourth-order valence-electron chi connectivity index (χ4n) is 10.8. The van der Waals surface area contributed by atoms with Crippen LogP contribution >= 0.6 is 0 Å². The summed E-state index contributed by atoms with van der Waals surface area (Å²) in [6, 6.07) is 53.3. The predicted octanol–water partition coefficient (Wildman–Crippen LogP) is 15.5. The monoisotopic (exact) mass is 1110 g/mol. The Morgan fingerprint density at radius 1 is 0.429 bits per heavy atom. The van der Waals surface area contributed by atoms with Gasteiger partial charge in [-0.15, -0.1) is 0 Å². The molecule has 12 heteroatoms. The van der Waals surface area contributed by atoms with Gasteiger partial charge in [-0.1, -0.05) is 159 Å². The summed E-state index contributed by atoms with van der Waals surface area (Å²) < 4.78 is 5.98. The first-order valence-electron chi connectivity index (χ1n) is 28.6. The van der Waals surface area contributed by atoms with E-state index in [1.54, 1.807) is 24.4 Å². The first-order valence-corrected chi connectivity index (χ1v) is 28.6. The number of pyridine rings is 6. The van der Waals surface area contributed by atoms with Gasteiger partial charge >= 0.3 is 0 Å². The molecule has 0 radical (unpaired) electrons. The summed E-state index contributed by atoms with van der Waals surface area (Å²) in [7, 11) is 0. The normalized spacial score (nSPS) is 11.5. The zero-order valence-electron chi connectivity index (χ0n) is 49.9. The molecule has 0 N–H and O–H groups in total. The third-order valence-electron chi connectivity index (χ3n) is 14.9. The van der Waals surface area contributed by atoms with Crippen molar-refractivity contribution in [1.29, 1.82) is 0 Å². The maximum absolute atomic E-state index is 12.5. The van der Waals surface area contributed by atoms with Crippen molar-refractivity contribution in [2.75, 3.05) is 0 Å². The highest BCUT2D eigenvalue weighted by molar-refractivity contribution is 6.01. The maximum Gasteiger partial charge on any atom is 0.273 e. The van der Waals surface area contributed by atoms with Crippen molar-refractivity contribution in [1.82, 2.24) is 43.1 Å². The van der Waals surface area contributed by atoms with E-state index in [1.165, 1.54) is 16.7 Å². The van der Waals surface area contributed by atoms with Crippen molar-refractivity contribution in [3.05, 3.63) is 253 Å². The van der Waals surface area contributed by atoms with E-state index in [1.807, 2.05) is 174 Å². The molecular weight excluding hydrogens is 1040 g/mol. The minimum absolute atomic E-state index is 0.0313. The van der Waals surface area contributed by atoms with Crippen LogP contribution in [0.15, 0.2) is 203 Å². The summed E-state index contributed by atoms with van der Waals surface area (Å²) in [6.07, 6.45) is 8.71. The number of nitrogens with zero attached hydrogens (tertiary/aromatic N) is 9. The molecule has 420 valence electrons. The van der Waals surface area contributed by atoms with Crippen molar-refractivity contribution in [2.24, 2.45) is 0 Å². The van der Waals surface area contributed by atoms with Gasteiger partial charge in [-0.2, -0.15) is 15.0 Å². The van der Waals surface area contributed by atoms with Crippen LogP contribution in [0.5, 0.6) is 0 Å². The highest BCUT2D eigenvalue weighted by Crippen LogP contribution is 2.34. The number of aryl methyl sites for hydroxylation is 4. The molecule has 9 aromatic heterocycles. The van der Waals surface area contributed by atoms with Gasteiger partial charge in [-0.3, -0.25) is 33.7 Å². The summed E-state index contributed by atoms with van der Waals surface area (Å²) in [4.78, 5) is 64.3. The SMILES string of the molecule is CC.CCc1cc(C)c(-c2cc(=O)nc3c4ccc(C(C)(C)C)nc4ccn23)c(C)c1.Cc1ccccc1-c1cc(=O)nc2c3ccc(C(C)(C)C)nc3ccn12.O=c1cc(-c2ccccc2)n2cc(-c3ccccc3)c3ncccc3c2n1. The van der Waals surface area contributed by atoms with Gasteiger partial charge in [0.25, 0.3) is 16.7 Å². The van der Waals surface area contributed by atoms with E-state index in [0.717, 1.165) is 101 Å². The van der Waals surface area contributed by atoms with Gasteiger partial charge in [0, 0.05) is 98.1 Å². The molecule has 0 amide bonds. The fraction of sp³-hybridized carbons (Fsp3) is 0.208. The van der Waals surface area contributed by atoms with E-state index in [4.69, 9.17) is 9.97 Å². The van der Waals surface area contributed by atoms with Crippen LogP contribution in [-0.4, -0.2) is 43.1 Å². The third-order valence-corrected chi connectivity index (χ3v) is 14.9. The average molecular weight is 1110 g/mol. The van der Waals surface area contributed by atoms with Gasteiger partial charge in [-0.25, -0.2) is 0 Å². The molecule has 0 spiro atoms. The molecule has 0 aliphatic rings. The molecule has 0 fully saturated rings. The molecule has 0 aliphatic heterocycles. The molecule has 12 nitrogen and oxygen atoms in total. The number of hydrogen-bond donors (Lipinski definition) is 0. The minimum atomic E-state index is -0.258. The van der Waals surface area contributed by atoms with Crippen molar-refractivity contribution >= 4 is 49.7 Å². The van der Waals surface area contributed by atoms with E-state index in [9.17, 15) is 14.4 Å². The van der Waals surface area contributed by atoms with Crippen molar-refractivity contribution in [3.8, 4) is 44.9 Å². The van der Waals surface area contributed by atoms with E-state index >= 15 is 0 Å². The lowest BCUT2D eigenvalue weighted by molar-refractivity contribution is 0.571. The van der Waals surface area contributed by atoms with Crippen molar-refractivity contribution < 1.29 is 0 Å². The van der Waals surface area contributed by atoms with Gasteiger partial charge in [0.1, 0.15) is 0 Å². The van der Waals surface area contributed by atoms with Crippen molar-refractivity contribution in [2.45, 2.75) is 100 Å². The minimum Gasteiger partial charge on any atom is -0.300 e. The molecule has 0 aliphatic carbocycles. The fourth-order valence-corrected chi connectivity index (χ4v) is 10.8. The second kappa shape index (κ2) is 23.6. The molecular formula is C72H69N9O3. The molecule has 84 heavy (non-hydrogen) atoms. The molecule has 0 saturated heterocycles. The number of hydrogen-bond acceptors (Lipinski definition) is 9. The van der Waals surface area contributed by atoms with Crippen LogP contribution in [0.2, 0.25) is 0 Å². The average Bonchev–Trinajstić information content (AvgIpc) is 1.81. The molecule has 13 aromatic rings. The van der Waals surface area contributed by atoms with Crippen LogP contribution in [0.1, 0.15) is 96.0 Å². The third kappa shape index (κ3) is 11.5. The number of fused-ring (bicyclic) bond motifs is 9. The predicted molar refractivity (Wildman–Crippen MR) is 344 cm³/mol. The van der Waals surface area contributed by atoms with E-state index in [-0.39, 0.29) is 27.5 Å².